The molecule has 6 heteroatoms. The summed E-state index contributed by atoms with van der Waals surface area (Å²) in [5.74, 6) is 3.37. The minimum Gasteiger partial charge on any atom is -0.307 e. The standard InChI is InChI=1S/C13H17N5S/c1-2-4-12(5-3-1)18-13(15-16-17-18)10-14-11-6-8-19-9-7-11/h1-5,11,14H,6-10H2. The third-order valence-corrected chi connectivity index (χ3v) is 4.35. The smallest absolute Gasteiger partial charge is 0.170 e. The van der Waals surface area contributed by atoms with Gasteiger partial charge < -0.3 is 5.32 Å². The first-order chi connectivity index (χ1) is 9.43. The number of para-hydroxylation sites is 1. The van der Waals surface area contributed by atoms with Crippen LogP contribution in [0.3, 0.4) is 0 Å². The number of nitrogens with one attached hydrogen (secondary N) is 1. The molecule has 0 radical (unpaired) electrons. The van der Waals surface area contributed by atoms with Gasteiger partial charge in [0.2, 0.25) is 0 Å². The molecule has 1 aromatic carbocycles. The summed E-state index contributed by atoms with van der Waals surface area (Å²) in [5.41, 5.74) is 1.00. The zero-order valence-electron chi connectivity index (χ0n) is 10.7. The van der Waals surface area contributed by atoms with Crippen molar-refractivity contribution in [3.8, 4) is 5.69 Å². The lowest BCUT2D eigenvalue weighted by atomic mass is 10.1. The molecule has 0 atom stereocenters. The number of benzene rings is 1. The average Bonchev–Trinajstić information content (AvgIpc) is 2.95. The number of tetrazole rings is 1. The van der Waals surface area contributed by atoms with Crippen molar-refractivity contribution >= 4 is 11.8 Å². The molecular weight excluding hydrogens is 258 g/mol. The molecule has 3 rings (SSSR count). The molecule has 0 spiro atoms. The van der Waals surface area contributed by atoms with Crippen LogP contribution in [0.2, 0.25) is 0 Å². The molecule has 0 saturated carbocycles. The molecule has 0 bridgehead atoms. The van der Waals surface area contributed by atoms with E-state index in [4.69, 9.17) is 0 Å². The van der Waals surface area contributed by atoms with Crippen molar-refractivity contribution in [2.24, 2.45) is 0 Å². The van der Waals surface area contributed by atoms with Gasteiger partial charge in [-0.1, -0.05) is 18.2 Å². The Bertz CT molecular complexity index is 507. The second kappa shape index (κ2) is 6.16. The third-order valence-electron chi connectivity index (χ3n) is 3.31. The van der Waals surface area contributed by atoms with Crippen molar-refractivity contribution in [2.75, 3.05) is 11.5 Å². The predicted octanol–water partition coefficient (Wildman–Crippen LogP) is 1.65. The topological polar surface area (TPSA) is 55.6 Å². The minimum atomic E-state index is 0.599. The Kier molecular flexibility index (Phi) is 4.10. The predicted molar refractivity (Wildman–Crippen MR) is 76.3 cm³/mol. The number of aromatic nitrogens is 4. The van der Waals surface area contributed by atoms with Crippen molar-refractivity contribution in [2.45, 2.75) is 25.4 Å². The molecule has 19 heavy (non-hydrogen) atoms. The lowest BCUT2D eigenvalue weighted by Crippen LogP contribution is -2.32. The molecule has 2 heterocycles. The van der Waals surface area contributed by atoms with E-state index >= 15 is 0 Å². The third kappa shape index (κ3) is 3.13. The van der Waals surface area contributed by atoms with Gasteiger partial charge in [-0.25, -0.2) is 0 Å². The van der Waals surface area contributed by atoms with Gasteiger partial charge in [-0.2, -0.15) is 16.4 Å². The van der Waals surface area contributed by atoms with E-state index in [0.29, 0.717) is 6.04 Å². The van der Waals surface area contributed by atoms with E-state index in [1.54, 1.807) is 4.68 Å². The second-order valence-corrected chi connectivity index (χ2v) is 5.83. The van der Waals surface area contributed by atoms with Crippen LogP contribution in [0.25, 0.3) is 5.69 Å². The van der Waals surface area contributed by atoms with Crippen molar-refractivity contribution < 1.29 is 0 Å². The van der Waals surface area contributed by atoms with E-state index in [0.717, 1.165) is 18.1 Å². The van der Waals surface area contributed by atoms with E-state index in [1.807, 2.05) is 42.1 Å². The molecule has 2 aromatic rings. The van der Waals surface area contributed by atoms with Crippen LogP contribution in [0.1, 0.15) is 18.7 Å². The Morgan fingerprint density at radius 3 is 2.79 bits per heavy atom. The first-order valence-electron chi connectivity index (χ1n) is 6.57. The zero-order chi connectivity index (χ0) is 12.9. The van der Waals surface area contributed by atoms with Crippen LogP contribution < -0.4 is 5.32 Å². The molecule has 0 amide bonds. The molecule has 1 aromatic heterocycles. The molecule has 1 aliphatic heterocycles. The monoisotopic (exact) mass is 275 g/mol. The van der Waals surface area contributed by atoms with Gasteiger partial charge >= 0.3 is 0 Å². The number of nitrogens with zero attached hydrogens (tertiary/aromatic N) is 4. The maximum Gasteiger partial charge on any atom is 0.170 e. The Morgan fingerprint density at radius 1 is 1.21 bits per heavy atom. The fourth-order valence-corrected chi connectivity index (χ4v) is 3.33. The largest absolute Gasteiger partial charge is 0.307 e. The van der Waals surface area contributed by atoms with Gasteiger partial charge in [-0.3, -0.25) is 0 Å². The highest BCUT2D eigenvalue weighted by molar-refractivity contribution is 7.99. The first kappa shape index (κ1) is 12.6. The van der Waals surface area contributed by atoms with E-state index in [-0.39, 0.29) is 0 Å². The molecule has 100 valence electrons. The van der Waals surface area contributed by atoms with Crippen LogP contribution >= 0.6 is 11.8 Å². The molecule has 1 aliphatic rings. The molecule has 0 aliphatic carbocycles. The van der Waals surface area contributed by atoms with Crippen LogP contribution in [-0.4, -0.2) is 37.8 Å². The molecule has 1 saturated heterocycles. The van der Waals surface area contributed by atoms with E-state index < -0.39 is 0 Å². The number of hydrogen-bond donors (Lipinski definition) is 1. The summed E-state index contributed by atoms with van der Waals surface area (Å²) in [6.07, 6.45) is 2.47. The van der Waals surface area contributed by atoms with Gasteiger partial charge in [-0.15, -0.1) is 5.10 Å². The van der Waals surface area contributed by atoms with Crippen molar-refractivity contribution in [1.29, 1.82) is 0 Å². The van der Waals surface area contributed by atoms with Gasteiger partial charge in [0.1, 0.15) is 0 Å². The van der Waals surface area contributed by atoms with Crippen LogP contribution in [0.15, 0.2) is 30.3 Å². The second-order valence-electron chi connectivity index (χ2n) is 4.61. The normalized spacial score (nSPS) is 16.6. The Labute approximate surface area is 116 Å². The van der Waals surface area contributed by atoms with Gasteiger partial charge in [0, 0.05) is 6.04 Å². The summed E-state index contributed by atoms with van der Waals surface area (Å²) in [6.45, 7) is 0.719. The highest BCUT2D eigenvalue weighted by Crippen LogP contribution is 2.17. The molecular formula is C13H17N5S. The minimum absolute atomic E-state index is 0.599. The van der Waals surface area contributed by atoms with Gasteiger partial charge in [0.05, 0.1) is 12.2 Å². The highest BCUT2D eigenvalue weighted by Gasteiger charge is 2.15. The average molecular weight is 275 g/mol. The SMILES string of the molecule is c1ccc(-n2nnnc2CNC2CCSCC2)cc1. The summed E-state index contributed by atoms with van der Waals surface area (Å²) in [7, 11) is 0. The van der Waals surface area contributed by atoms with Gasteiger partial charge in [0.25, 0.3) is 0 Å². The Morgan fingerprint density at radius 2 is 2.00 bits per heavy atom. The molecule has 1 N–H and O–H groups in total. The quantitative estimate of drug-likeness (QED) is 0.919. The lowest BCUT2D eigenvalue weighted by molar-refractivity contribution is 0.470. The summed E-state index contributed by atoms with van der Waals surface area (Å²) < 4.78 is 1.80. The maximum absolute atomic E-state index is 4.11. The number of hydrogen-bond acceptors (Lipinski definition) is 5. The first-order valence-corrected chi connectivity index (χ1v) is 7.73. The van der Waals surface area contributed by atoms with Crippen LogP contribution in [-0.2, 0) is 6.54 Å². The summed E-state index contributed by atoms with van der Waals surface area (Å²) in [6, 6.07) is 10.6. The van der Waals surface area contributed by atoms with Crippen LogP contribution in [0.4, 0.5) is 0 Å². The summed E-state index contributed by atoms with van der Waals surface area (Å²) in [5, 5.41) is 15.5. The Hall–Kier alpha value is -1.40. The molecule has 1 fully saturated rings. The van der Waals surface area contributed by atoms with Crippen molar-refractivity contribution in [1.82, 2.24) is 25.5 Å². The van der Waals surface area contributed by atoms with E-state index in [9.17, 15) is 0 Å². The highest BCUT2D eigenvalue weighted by atomic mass is 32.2. The Balaban J connectivity index is 1.67. The van der Waals surface area contributed by atoms with Gasteiger partial charge in [-0.05, 0) is 46.9 Å². The maximum atomic E-state index is 4.11. The van der Waals surface area contributed by atoms with E-state index in [1.165, 1.54) is 24.3 Å². The van der Waals surface area contributed by atoms with Crippen molar-refractivity contribution in [3.05, 3.63) is 36.2 Å². The molecule has 0 unspecified atom stereocenters. The van der Waals surface area contributed by atoms with Crippen LogP contribution in [0, 0.1) is 0 Å². The molecule has 5 nitrogen and oxygen atoms in total. The lowest BCUT2D eigenvalue weighted by Gasteiger charge is -2.22. The van der Waals surface area contributed by atoms with Crippen LogP contribution in [0.5, 0.6) is 0 Å². The number of thioether (sulfide) groups is 1. The number of rotatable bonds is 4. The zero-order valence-corrected chi connectivity index (χ0v) is 11.5. The fourth-order valence-electron chi connectivity index (χ4n) is 2.22. The summed E-state index contributed by atoms with van der Waals surface area (Å²) in [4.78, 5) is 0. The summed E-state index contributed by atoms with van der Waals surface area (Å²) >= 11 is 2.04. The van der Waals surface area contributed by atoms with E-state index in [2.05, 4.69) is 20.8 Å². The van der Waals surface area contributed by atoms with Crippen molar-refractivity contribution in [3.63, 3.8) is 0 Å². The fraction of sp³-hybridized carbons (Fsp3) is 0.462. The van der Waals surface area contributed by atoms with Gasteiger partial charge in [0.15, 0.2) is 5.82 Å².